The minimum absolute atomic E-state index is 0.0758. The predicted molar refractivity (Wildman–Crippen MR) is 36.3 cm³/mol. The maximum atomic E-state index is 10.1. The van der Waals surface area contributed by atoms with Crippen LogP contribution in [0.25, 0.3) is 0 Å². The van der Waals surface area contributed by atoms with Crippen LogP contribution in [-0.2, 0) is 6.42 Å². The summed E-state index contributed by atoms with van der Waals surface area (Å²) in [6.45, 7) is 1.87. The molecule has 1 aromatic rings. The van der Waals surface area contributed by atoms with Crippen LogP contribution >= 0.6 is 11.6 Å². The van der Waals surface area contributed by atoms with Crippen molar-refractivity contribution in [3.8, 4) is 0 Å². The number of rotatable bonds is 2. The molecule has 10 heavy (non-hydrogen) atoms. The van der Waals surface area contributed by atoms with Crippen molar-refractivity contribution in [2.24, 2.45) is 0 Å². The van der Waals surface area contributed by atoms with Gasteiger partial charge in [-0.25, -0.2) is 4.98 Å². The molecule has 4 heteroatoms. The van der Waals surface area contributed by atoms with Crippen LogP contribution < -0.4 is 0 Å². The van der Waals surface area contributed by atoms with Crippen molar-refractivity contribution >= 4 is 17.9 Å². The fourth-order valence-corrected chi connectivity index (χ4v) is 0.757. The summed E-state index contributed by atoms with van der Waals surface area (Å²) in [5, 5.41) is 0.0758. The highest BCUT2D eigenvalue weighted by Crippen LogP contribution is 2.15. The second-order valence-corrected chi connectivity index (χ2v) is 2.08. The molecule has 1 heterocycles. The zero-order valence-electron chi connectivity index (χ0n) is 5.43. The summed E-state index contributed by atoms with van der Waals surface area (Å²) in [5.74, 6) is 0.493. The highest BCUT2D eigenvalue weighted by atomic mass is 35.5. The summed E-state index contributed by atoms with van der Waals surface area (Å²) in [5.41, 5.74) is 0.179. The van der Waals surface area contributed by atoms with Gasteiger partial charge in [0.05, 0.1) is 0 Å². The zero-order chi connectivity index (χ0) is 7.56. The van der Waals surface area contributed by atoms with Crippen LogP contribution in [0.1, 0.15) is 23.3 Å². The van der Waals surface area contributed by atoms with Gasteiger partial charge in [0.1, 0.15) is 0 Å². The number of nitrogens with zero attached hydrogens (tertiary/aromatic N) is 1. The number of halogens is 1. The molecular formula is C6H6ClNO2. The Morgan fingerprint density at radius 2 is 2.50 bits per heavy atom. The number of oxazole rings is 1. The number of hydrogen-bond donors (Lipinski definition) is 0. The Kier molecular flexibility index (Phi) is 2.06. The summed E-state index contributed by atoms with van der Waals surface area (Å²) in [4.78, 5) is 13.9. The highest BCUT2D eigenvalue weighted by molar-refractivity contribution is 6.30. The van der Waals surface area contributed by atoms with E-state index in [1.54, 1.807) is 0 Å². The van der Waals surface area contributed by atoms with Crippen molar-refractivity contribution in [3.05, 3.63) is 16.8 Å². The van der Waals surface area contributed by atoms with Crippen LogP contribution in [-0.4, -0.2) is 11.3 Å². The molecule has 0 N–H and O–H groups in total. The van der Waals surface area contributed by atoms with Gasteiger partial charge in [0.2, 0.25) is 5.22 Å². The molecule has 0 aromatic carbocycles. The van der Waals surface area contributed by atoms with E-state index >= 15 is 0 Å². The van der Waals surface area contributed by atoms with Crippen LogP contribution in [0.5, 0.6) is 0 Å². The lowest BCUT2D eigenvalue weighted by atomic mass is 10.5. The molecule has 0 atom stereocenters. The van der Waals surface area contributed by atoms with Gasteiger partial charge in [-0.2, -0.15) is 0 Å². The molecule has 54 valence electrons. The lowest BCUT2D eigenvalue weighted by Crippen LogP contribution is -1.81. The maximum absolute atomic E-state index is 10.1. The smallest absolute Gasteiger partial charge is 0.224 e. The van der Waals surface area contributed by atoms with Gasteiger partial charge >= 0.3 is 0 Å². The molecule has 0 radical (unpaired) electrons. The largest absolute Gasteiger partial charge is 0.429 e. The van der Waals surface area contributed by atoms with E-state index < -0.39 is 0 Å². The Labute approximate surface area is 63.0 Å². The first kappa shape index (κ1) is 7.28. The van der Waals surface area contributed by atoms with E-state index in [4.69, 9.17) is 16.0 Å². The first-order valence-corrected chi connectivity index (χ1v) is 3.26. The first-order valence-electron chi connectivity index (χ1n) is 2.88. The minimum atomic E-state index is 0.0758. The van der Waals surface area contributed by atoms with Gasteiger partial charge in [0.15, 0.2) is 17.9 Å². The van der Waals surface area contributed by atoms with Crippen LogP contribution in [0.4, 0.5) is 0 Å². The van der Waals surface area contributed by atoms with Crippen molar-refractivity contribution < 1.29 is 9.21 Å². The Bertz CT molecular complexity index is 244. The summed E-state index contributed by atoms with van der Waals surface area (Å²) < 4.78 is 4.88. The fourth-order valence-electron chi connectivity index (χ4n) is 0.581. The molecule has 0 saturated carbocycles. The van der Waals surface area contributed by atoms with Gasteiger partial charge < -0.3 is 4.42 Å². The molecule has 0 bridgehead atoms. The molecular weight excluding hydrogens is 154 g/mol. The molecule has 3 nitrogen and oxygen atoms in total. The Balaban J connectivity index is 3.03. The molecule has 0 saturated heterocycles. The Morgan fingerprint density at radius 3 is 2.80 bits per heavy atom. The van der Waals surface area contributed by atoms with Crippen LogP contribution in [0.15, 0.2) is 4.42 Å². The van der Waals surface area contributed by atoms with Gasteiger partial charge in [0, 0.05) is 6.42 Å². The van der Waals surface area contributed by atoms with Gasteiger partial charge in [-0.3, -0.25) is 4.79 Å². The van der Waals surface area contributed by atoms with Gasteiger partial charge in [0.25, 0.3) is 0 Å². The highest BCUT2D eigenvalue weighted by Gasteiger charge is 2.07. The van der Waals surface area contributed by atoms with Crippen LogP contribution in [0.3, 0.4) is 0 Å². The fraction of sp³-hybridized carbons (Fsp3) is 0.333. The van der Waals surface area contributed by atoms with E-state index in [0.29, 0.717) is 18.6 Å². The third kappa shape index (κ3) is 1.19. The van der Waals surface area contributed by atoms with Crippen molar-refractivity contribution in [1.82, 2.24) is 4.98 Å². The second-order valence-electron chi connectivity index (χ2n) is 1.74. The minimum Gasteiger partial charge on any atom is -0.429 e. The Morgan fingerprint density at radius 1 is 1.80 bits per heavy atom. The van der Waals surface area contributed by atoms with Gasteiger partial charge in [-0.1, -0.05) is 6.92 Å². The summed E-state index contributed by atoms with van der Waals surface area (Å²) in [6.07, 6.45) is 1.22. The molecule has 1 rings (SSSR count). The average Bonchev–Trinajstić information content (AvgIpc) is 2.30. The van der Waals surface area contributed by atoms with Crippen molar-refractivity contribution in [1.29, 1.82) is 0 Å². The number of aldehydes is 1. The van der Waals surface area contributed by atoms with E-state index in [1.165, 1.54) is 0 Å². The molecule has 1 aromatic heterocycles. The first-order chi connectivity index (χ1) is 4.77. The molecule has 0 spiro atoms. The number of hydrogen-bond acceptors (Lipinski definition) is 3. The normalized spacial score (nSPS) is 9.80. The van der Waals surface area contributed by atoms with Gasteiger partial charge in [-0.15, -0.1) is 0 Å². The SMILES string of the molecule is CCc1nc(C=O)c(Cl)o1. The number of carbonyl (C=O) groups is 1. The third-order valence-electron chi connectivity index (χ3n) is 1.07. The van der Waals surface area contributed by atoms with Crippen molar-refractivity contribution in [3.63, 3.8) is 0 Å². The van der Waals surface area contributed by atoms with E-state index in [9.17, 15) is 4.79 Å². The van der Waals surface area contributed by atoms with E-state index in [2.05, 4.69) is 4.98 Å². The van der Waals surface area contributed by atoms with E-state index in [-0.39, 0.29) is 10.9 Å². The average molecular weight is 160 g/mol. The summed E-state index contributed by atoms with van der Waals surface area (Å²) in [6, 6.07) is 0. The summed E-state index contributed by atoms with van der Waals surface area (Å²) >= 11 is 5.46. The molecule has 0 amide bonds. The number of carbonyl (C=O) groups excluding carboxylic acids is 1. The number of aromatic nitrogens is 1. The van der Waals surface area contributed by atoms with Crippen molar-refractivity contribution in [2.45, 2.75) is 13.3 Å². The van der Waals surface area contributed by atoms with Gasteiger partial charge in [-0.05, 0) is 11.6 Å². The molecule has 0 unspecified atom stereocenters. The van der Waals surface area contributed by atoms with Crippen molar-refractivity contribution in [2.75, 3.05) is 0 Å². The maximum Gasteiger partial charge on any atom is 0.224 e. The lowest BCUT2D eigenvalue weighted by molar-refractivity contribution is 0.111. The monoisotopic (exact) mass is 159 g/mol. The predicted octanol–water partition coefficient (Wildman–Crippen LogP) is 1.70. The summed E-state index contributed by atoms with van der Waals surface area (Å²) in [7, 11) is 0. The Hall–Kier alpha value is -0.830. The second kappa shape index (κ2) is 2.84. The molecule has 0 aliphatic heterocycles. The van der Waals surface area contributed by atoms with Crippen LogP contribution in [0.2, 0.25) is 5.22 Å². The quantitative estimate of drug-likeness (QED) is 0.617. The molecule has 0 fully saturated rings. The zero-order valence-corrected chi connectivity index (χ0v) is 6.18. The van der Waals surface area contributed by atoms with E-state index in [1.807, 2.05) is 6.92 Å². The lowest BCUT2D eigenvalue weighted by Gasteiger charge is -1.79. The number of aryl methyl sites for hydroxylation is 1. The third-order valence-corrected chi connectivity index (χ3v) is 1.34. The molecule has 0 aliphatic rings. The molecule has 0 aliphatic carbocycles. The van der Waals surface area contributed by atoms with Crippen LogP contribution in [0, 0.1) is 0 Å². The van der Waals surface area contributed by atoms with E-state index in [0.717, 1.165) is 0 Å². The topological polar surface area (TPSA) is 43.1 Å². The standard InChI is InChI=1S/C6H6ClNO2/c1-2-5-8-4(3-9)6(7)10-5/h3H,2H2,1H3.